The molecule has 2 amide bonds. The summed E-state index contributed by atoms with van der Waals surface area (Å²) in [6, 6.07) is 10.1. The van der Waals surface area contributed by atoms with Gasteiger partial charge in [-0.05, 0) is 49.4 Å². The monoisotopic (exact) mass is 505 g/mol. The fourth-order valence-electron chi connectivity index (χ4n) is 4.45. The van der Waals surface area contributed by atoms with E-state index in [-0.39, 0.29) is 17.7 Å². The van der Waals surface area contributed by atoms with Crippen LogP contribution in [0.25, 0.3) is 0 Å². The molecular formula is C27H31N5O3S. The molecule has 1 aliphatic heterocycles. The first-order valence-corrected chi connectivity index (χ1v) is 13.0. The van der Waals surface area contributed by atoms with E-state index >= 15 is 0 Å². The van der Waals surface area contributed by atoms with Crippen LogP contribution in [0.5, 0.6) is 5.75 Å². The van der Waals surface area contributed by atoms with Gasteiger partial charge < -0.3 is 19.5 Å². The maximum atomic E-state index is 12.9. The Balaban J connectivity index is 1.38. The van der Waals surface area contributed by atoms with Crippen LogP contribution >= 0.6 is 11.3 Å². The van der Waals surface area contributed by atoms with E-state index in [4.69, 9.17) is 4.74 Å². The van der Waals surface area contributed by atoms with Gasteiger partial charge >= 0.3 is 0 Å². The summed E-state index contributed by atoms with van der Waals surface area (Å²) in [5.41, 5.74) is 3.43. The van der Waals surface area contributed by atoms with Gasteiger partial charge in [0.25, 0.3) is 0 Å². The Bertz CT molecular complexity index is 1290. The molecule has 0 radical (unpaired) electrons. The second-order valence-corrected chi connectivity index (χ2v) is 10.2. The smallest absolute Gasteiger partial charge is 0.225 e. The molecule has 9 heteroatoms. The number of nitrogens with one attached hydrogen (secondary N) is 1. The number of amides is 2. The topological polar surface area (TPSA) is 100 Å². The maximum absolute atomic E-state index is 12.9. The van der Waals surface area contributed by atoms with Crippen molar-refractivity contribution < 1.29 is 14.3 Å². The standard InChI is InChI=1S/C27H31N5O3S/c1-4-35-21-7-5-6-20(13-21)18(2)12-25(33)30-27-23(14-28)22-8-11-32(16-24(22)36-27)26(34)9-10-31-15-19(3)29-17-31/h5-7,13,15,17-18H,4,8-12,16H2,1-3H3,(H,30,33)/t18-/m0/s1. The number of aromatic nitrogens is 2. The molecule has 0 saturated heterocycles. The van der Waals surface area contributed by atoms with E-state index < -0.39 is 0 Å². The number of rotatable bonds is 9. The third kappa shape index (κ3) is 5.94. The van der Waals surface area contributed by atoms with E-state index in [9.17, 15) is 14.9 Å². The number of benzene rings is 1. The van der Waals surface area contributed by atoms with Gasteiger partial charge in [0, 0.05) is 37.0 Å². The number of thiophene rings is 1. The van der Waals surface area contributed by atoms with Gasteiger partial charge in [0.15, 0.2) is 0 Å². The zero-order valence-electron chi connectivity index (χ0n) is 20.9. The molecule has 188 valence electrons. The molecule has 1 N–H and O–H groups in total. The van der Waals surface area contributed by atoms with Crippen molar-refractivity contribution >= 4 is 28.2 Å². The molecular weight excluding hydrogens is 474 g/mol. The van der Waals surface area contributed by atoms with Crippen LogP contribution in [0.15, 0.2) is 36.8 Å². The summed E-state index contributed by atoms with van der Waals surface area (Å²) in [7, 11) is 0. The average molecular weight is 506 g/mol. The third-order valence-electron chi connectivity index (χ3n) is 6.35. The molecule has 1 aliphatic rings. The first-order valence-electron chi connectivity index (χ1n) is 12.2. The largest absolute Gasteiger partial charge is 0.494 e. The molecule has 0 unspecified atom stereocenters. The van der Waals surface area contributed by atoms with Crippen LogP contribution in [0.1, 0.15) is 59.9 Å². The molecule has 0 aliphatic carbocycles. The Morgan fingerprint density at radius 3 is 2.92 bits per heavy atom. The van der Waals surface area contributed by atoms with Gasteiger partial charge in [-0.1, -0.05) is 19.1 Å². The van der Waals surface area contributed by atoms with Gasteiger partial charge in [-0.25, -0.2) is 4.98 Å². The Labute approximate surface area is 215 Å². The number of carbonyl (C=O) groups is 2. The number of hydrogen-bond acceptors (Lipinski definition) is 6. The van der Waals surface area contributed by atoms with Gasteiger partial charge in [-0.2, -0.15) is 5.26 Å². The lowest BCUT2D eigenvalue weighted by Gasteiger charge is -2.27. The maximum Gasteiger partial charge on any atom is 0.225 e. The highest BCUT2D eigenvalue weighted by atomic mass is 32.1. The Hall–Kier alpha value is -3.64. The van der Waals surface area contributed by atoms with E-state index in [1.54, 1.807) is 6.33 Å². The van der Waals surface area contributed by atoms with Gasteiger partial charge in [-0.3, -0.25) is 9.59 Å². The summed E-state index contributed by atoms with van der Waals surface area (Å²) in [6.45, 7) is 8.08. The molecule has 1 atom stereocenters. The highest BCUT2D eigenvalue weighted by Gasteiger charge is 2.27. The second kappa shape index (κ2) is 11.4. The first-order chi connectivity index (χ1) is 17.4. The molecule has 3 aromatic rings. The molecule has 1 aromatic carbocycles. The fraction of sp³-hybridized carbons (Fsp3) is 0.407. The van der Waals surface area contributed by atoms with E-state index in [0.717, 1.165) is 27.4 Å². The highest BCUT2D eigenvalue weighted by molar-refractivity contribution is 7.16. The number of anilines is 1. The molecule has 4 rings (SSSR count). The summed E-state index contributed by atoms with van der Waals surface area (Å²) in [5, 5.41) is 13.3. The van der Waals surface area contributed by atoms with Crippen molar-refractivity contribution in [1.29, 1.82) is 5.26 Å². The second-order valence-electron chi connectivity index (χ2n) is 9.05. The zero-order chi connectivity index (χ0) is 25.7. The number of imidazole rings is 1. The minimum atomic E-state index is -0.136. The molecule has 0 fully saturated rings. The van der Waals surface area contributed by atoms with E-state index in [1.807, 2.05) is 60.7 Å². The highest BCUT2D eigenvalue weighted by Crippen LogP contribution is 2.37. The first kappa shape index (κ1) is 25.5. The number of hydrogen-bond donors (Lipinski definition) is 1. The van der Waals surface area contributed by atoms with Crippen LogP contribution in [0.3, 0.4) is 0 Å². The van der Waals surface area contributed by atoms with E-state index in [1.165, 1.54) is 11.3 Å². The van der Waals surface area contributed by atoms with Crippen molar-refractivity contribution in [3.05, 3.63) is 64.1 Å². The van der Waals surface area contributed by atoms with Gasteiger partial charge in [-0.15, -0.1) is 11.3 Å². The summed E-state index contributed by atoms with van der Waals surface area (Å²) >= 11 is 1.40. The Kier molecular flexibility index (Phi) is 8.06. The predicted molar refractivity (Wildman–Crippen MR) is 139 cm³/mol. The van der Waals surface area contributed by atoms with Crippen LogP contribution in [0, 0.1) is 18.3 Å². The van der Waals surface area contributed by atoms with Crippen LogP contribution in [-0.2, 0) is 29.1 Å². The normalized spacial score (nSPS) is 13.6. The lowest BCUT2D eigenvalue weighted by atomic mass is 9.97. The Morgan fingerprint density at radius 1 is 1.36 bits per heavy atom. The molecule has 8 nitrogen and oxygen atoms in total. The SMILES string of the molecule is CCOc1cccc([C@@H](C)CC(=O)Nc2sc3c(c2C#N)CCN(C(=O)CCn2cnc(C)c2)C3)c1. The number of nitriles is 1. The van der Waals surface area contributed by atoms with Crippen molar-refractivity contribution in [1.82, 2.24) is 14.5 Å². The molecule has 3 heterocycles. The quantitative estimate of drug-likeness (QED) is 0.457. The third-order valence-corrected chi connectivity index (χ3v) is 7.48. The van der Waals surface area contributed by atoms with Crippen LogP contribution < -0.4 is 10.1 Å². The number of carbonyl (C=O) groups excluding carboxylic acids is 2. The summed E-state index contributed by atoms with van der Waals surface area (Å²) < 4.78 is 7.49. The van der Waals surface area contributed by atoms with Crippen LogP contribution in [-0.4, -0.2) is 39.4 Å². The summed E-state index contributed by atoms with van der Waals surface area (Å²) in [4.78, 5) is 32.7. The van der Waals surface area contributed by atoms with Gasteiger partial charge in [0.1, 0.15) is 16.8 Å². The minimum absolute atomic E-state index is 0.00192. The molecule has 0 spiro atoms. The molecule has 2 aromatic heterocycles. The lowest BCUT2D eigenvalue weighted by Crippen LogP contribution is -2.35. The zero-order valence-corrected chi connectivity index (χ0v) is 21.7. The molecule has 0 saturated carbocycles. The van der Waals surface area contributed by atoms with E-state index in [0.29, 0.717) is 56.1 Å². The summed E-state index contributed by atoms with van der Waals surface area (Å²) in [6.07, 6.45) is 4.96. The number of aryl methyl sites for hydroxylation is 2. The van der Waals surface area contributed by atoms with Crippen LogP contribution in [0.4, 0.5) is 5.00 Å². The van der Waals surface area contributed by atoms with Crippen molar-refractivity contribution in [2.45, 2.75) is 59.0 Å². The average Bonchev–Trinajstić information content (AvgIpc) is 3.44. The molecule has 0 bridgehead atoms. The van der Waals surface area contributed by atoms with Crippen molar-refractivity contribution in [3.63, 3.8) is 0 Å². The van der Waals surface area contributed by atoms with Crippen molar-refractivity contribution in [2.75, 3.05) is 18.5 Å². The predicted octanol–water partition coefficient (Wildman–Crippen LogP) is 4.63. The Morgan fingerprint density at radius 2 is 2.19 bits per heavy atom. The van der Waals surface area contributed by atoms with E-state index in [2.05, 4.69) is 16.4 Å². The number of fused-ring (bicyclic) bond motifs is 1. The lowest BCUT2D eigenvalue weighted by molar-refractivity contribution is -0.132. The number of nitrogens with zero attached hydrogens (tertiary/aromatic N) is 4. The van der Waals surface area contributed by atoms with Crippen molar-refractivity contribution in [3.8, 4) is 11.8 Å². The minimum Gasteiger partial charge on any atom is -0.494 e. The van der Waals surface area contributed by atoms with Crippen LogP contribution in [0.2, 0.25) is 0 Å². The molecule has 36 heavy (non-hydrogen) atoms. The van der Waals surface area contributed by atoms with Gasteiger partial charge in [0.2, 0.25) is 11.8 Å². The summed E-state index contributed by atoms with van der Waals surface area (Å²) in [5.74, 6) is 0.729. The van der Waals surface area contributed by atoms with Gasteiger partial charge in [0.05, 0.1) is 30.7 Å². The fourth-order valence-corrected chi connectivity index (χ4v) is 5.68. The number of ether oxygens (including phenoxy) is 1. The van der Waals surface area contributed by atoms with Crippen molar-refractivity contribution in [2.24, 2.45) is 0 Å².